The topological polar surface area (TPSA) is 88.7 Å². The number of rotatable bonds is 4. The Bertz CT molecular complexity index is 1270. The van der Waals surface area contributed by atoms with Gasteiger partial charge in [-0.1, -0.05) is 0 Å². The fraction of sp³-hybridized carbons (Fsp3) is 0.318. The maximum atomic E-state index is 14.3. The van der Waals surface area contributed by atoms with Crippen LogP contribution in [0.2, 0.25) is 0 Å². The second kappa shape index (κ2) is 8.43. The molecule has 9 nitrogen and oxygen atoms in total. The molecule has 0 N–H and O–H groups in total. The van der Waals surface area contributed by atoms with Gasteiger partial charge in [0.25, 0.3) is 0 Å². The molecule has 0 radical (unpaired) electrons. The standard InChI is InChI=1S/C22H20F3N7O2/c1-12-28-13(2)31(29-12)21-8-20(18(25)9-26-21)34-17-10-30(11-17)22(33)32-19(3-4-27-32)14-5-15(23)7-16(24)6-14/h4-9,17,19H,3,10-11H2,1-2H3/t19-/m0/s1. The number of halogens is 3. The van der Waals surface area contributed by atoms with Crippen LogP contribution in [0.15, 0.2) is 35.6 Å². The number of carbonyl (C=O) groups excluding carboxylic acids is 1. The molecule has 0 saturated carbocycles. The van der Waals surface area contributed by atoms with Crippen LogP contribution in [0.1, 0.15) is 29.7 Å². The van der Waals surface area contributed by atoms with Gasteiger partial charge in [0.2, 0.25) is 0 Å². The van der Waals surface area contributed by atoms with Gasteiger partial charge >= 0.3 is 6.03 Å². The van der Waals surface area contributed by atoms with Crippen LogP contribution >= 0.6 is 0 Å². The number of benzene rings is 1. The first-order valence-electron chi connectivity index (χ1n) is 10.6. The molecule has 1 fully saturated rings. The molecular weight excluding hydrogens is 451 g/mol. The largest absolute Gasteiger partial charge is 0.483 e. The number of nitrogens with zero attached hydrogens (tertiary/aromatic N) is 7. The van der Waals surface area contributed by atoms with Gasteiger partial charge in [0, 0.05) is 24.8 Å². The van der Waals surface area contributed by atoms with Gasteiger partial charge in [-0.25, -0.2) is 32.9 Å². The van der Waals surface area contributed by atoms with E-state index in [0.717, 1.165) is 12.3 Å². The molecule has 3 aromatic rings. The predicted molar refractivity (Wildman–Crippen MR) is 114 cm³/mol. The summed E-state index contributed by atoms with van der Waals surface area (Å²) in [6, 6.07) is 3.55. The lowest BCUT2D eigenvalue weighted by atomic mass is 10.0. The first-order chi connectivity index (χ1) is 16.3. The van der Waals surface area contributed by atoms with Crippen molar-refractivity contribution in [3.05, 3.63) is 65.1 Å². The number of hydrazone groups is 1. The van der Waals surface area contributed by atoms with Crippen LogP contribution in [-0.2, 0) is 0 Å². The van der Waals surface area contributed by atoms with Gasteiger partial charge in [-0.05, 0) is 31.5 Å². The zero-order chi connectivity index (χ0) is 24.0. The molecule has 1 saturated heterocycles. The Morgan fingerprint density at radius 3 is 2.50 bits per heavy atom. The third kappa shape index (κ3) is 4.06. The van der Waals surface area contributed by atoms with Crippen LogP contribution in [0.25, 0.3) is 5.82 Å². The summed E-state index contributed by atoms with van der Waals surface area (Å²) in [4.78, 5) is 22.6. The van der Waals surface area contributed by atoms with Crippen LogP contribution < -0.4 is 4.74 Å². The molecule has 2 aliphatic rings. The van der Waals surface area contributed by atoms with E-state index in [4.69, 9.17) is 4.74 Å². The molecule has 0 aliphatic carbocycles. The average molecular weight is 471 g/mol. The molecule has 5 rings (SSSR count). The minimum Gasteiger partial charge on any atom is -0.483 e. The van der Waals surface area contributed by atoms with Crippen molar-refractivity contribution in [2.45, 2.75) is 32.4 Å². The van der Waals surface area contributed by atoms with E-state index in [1.165, 1.54) is 39.0 Å². The molecule has 0 unspecified atom stereocenters. The number of likely N-dealkylation sites (tertiary alicyclic amines) is 1. The fourth-order valence-electron chi connectivity index (χ4n) is 3.99. The van der Waals surface area contributed by atoms with E-state index in [1.807, 2.05) is 0 Å². The van der Waals surface area contributed by atoms with Crippen molar-refractivity contribution in [3.63, 3.8) is 0 Å². The van der Waals surface area contributed by atoms with Gasteiger partial charge in [-0.2, -0.15) is 9.78 Å². The number of pyridine rings is 1. The number of aryl methyl sites for hydroxylation is 2. The highest BCUT2D eigenvalue weighted by atomic mass is 19.1. The average Bonchev–Trinajstić information content (AvgIpc) is 3.37. The molecule has 0 bridgehead atoms. The van der Waals surface area contributed by atoms with Gasteiger partial charge in [0.1, 0.15) is 29.4 Å². The first kappa shape index (κ1) is 21.9. The lowest BCUT2D eigenvalue weighted by molar-refractivity contribution is 0.0256. The smallest absolute Gasteiger partial charge is 0.341 e. The summed E-state index contributed by atoms with van der Waals surface area (Å²) in [5.41, 5.74) is 0.321. The summed E-state index contributed by atoms with van der Waals surface area (Å²) in [5, 5.41) is 9.51. The lowest BCUT2D eigenvalue weighted by Gasteiger charge is -2.41. The minimum atomic E-state index is -0.721. The highest BCUT2D eigenvalue weighted by Gasteiger charge is 2.39. The SMILES string of the molecule is Cc1nc(C)n(-c2cc(OC3CN(C(=O)N4N=CC[C@H]4c4cc(F)cc(F)c4)C3)c(F)cn2)n1. The van der Waals surface area contributed by atoms with Crippen LogP contribution in [0.4, 0.5) is 18.0 Å². The molecule has 12 heteroatoms. The van der Waals surface area contributed by atoms with Gasteiger partial charge in [-0.15, -0.1) is 5.10 Å². The molecule has 176 valence electrons. The first-order valence-corrected chi connectivity index (χ1v) is 10.6. The second-order valence-corrected chi connectivity index (χ2v) is 8.12. The number of ether oxygens (including phenoxy) is 1. The second-order valence-electron chi connectivity index (χ2n) is 8.12. The Kier molecular flexibility index (Phi) is 5.42. The van der Waals surface area contributed by atoms with Crippen molar-refractivity contribution in [1.82, 2.24) is 29.7 Å². The van der Waals surface area contributed by atoms with E-state index in [2.05, 4.69) is 20.2 Å². The van der Waals surface area contributed by atoms with E-state index in [1.54, 1.807) is 13.8 Å². The molecular formula is C22H20F3N7O2. The summed E-state index contributed by atoms with van der Waals surface area (Å²) < 4.78 is 48.8. The van der Waals surface area contributed by atoms with E-state index in [9.17, 15) is 18.0 Å². The molecule has 1 atom stereocenters. The van der Waals surface area contributed by atoms with E-state index in [-0.39, 0.29) is 18.8 Å². The van der Waals surface area contributed by atoms with Gasteiger partial charge < -0.3 is 9.64 Å². The highest BCUT2D eigenvalue weighted by molar-refractivity contribution is 5.79. The van der Waals surface area contributed by atoms with Gasteiger partial charge in [-0.3, -0.25) is 0 Å². The number of aromatic nitrogens is 4. The Labute approximate surface area is 192 Å². The Morgan fingerprint density at radius 2 is 1.82 bits per heavy atom. The summed E-state index contributed by atoms with van der Waals surface area (Å²) in [6.45, 7) is 3.90. The van der Waals surface area contributed by atoms with Crippen molar-refractivity contribution >= 4 is 12.2 Å². The van der Waals surface area contributed by atoms with Crippen LogP contribution in [0.5, 0.6) is 5.75 Å². The van der Waals surface area contributed by atoms with E-state index in [0.29, 0.717) is 29.5 Å². The quantitative estimate of drug-likeness (QED) is 0.583. The molecule has 34 heavy (non-hydrogen) atoms. The van der Waals surface area contributed by atoms with E-state index < -0.39 is 35.6 Å². The van der Waals surface area contributed by atoms with Crippen LogP contribution in [-0.4, -0.2) is 61.1 Å². The summed E-state index contributed by atoms with van der Waals surface area (Å²) in [5.74, 6) is -0.575. The number of hydrogen-bond acceptors (Lipinski definition) is 6. The maximum Gasteiger partial charge on any atom is 0.341 e. The molecule has 0 spiro atoms. The molecule has 4 heterocycles. The van der Waals surface area contributed by atoms with Crippen molar-refractivity contribution in [3.8, 4) is 11.6 Å². The monoisotopic (exact) mass is 471 g/mol. The van der Waals surface area contributed by atoms with Crippen molar-refractivity contribution in [2.75, 3.05) is 13.1 Å². The summed E-state index contributed by atoms with van der Waals surface area (Å²) in [7, 11) is 0. The fourth-order valence-corrected chi connectivity index (χ4v) is 3.99. The zero-order valence-electron chi connectivity index (χ0n) is 18.3. The summed E-state index contributed by atoms with van der Waals surface area (Å²) in [6.07, 6.45) is 2.48. The van der Waals surface area contributed by atoms with Gasteiger partial charge in [0.15, 0.2) is 17.4 Å². The van der Waals surface area contributed by atoms with E-state index >= 15 is 0 Å². The van der Waals surface area contributed by atoms with Crippen LogP contribution in [0.3, 0.4) is 0 Å². The number of hydrogen-bond donors (Lipinski definition) is 0. The number of urea groups is 1. The van der Waals surface area contributed by atoms with Crippen molar-refractivity contribution in [2.24, 2.45) is 5.10 Å². The number of amides is 2. The summed E-state index contributed by atoms with van der Waals surface area (Å²) >= 11 is 0. The zero-order valence-corrected chi connectivity index (χ0v) is 18.3. The van der Waals surface area contributed by atoms with Crippen LogP contribution in [0, 0.1) is 31.3 Å². The third-order valence-corrected chi connectivity index (χ3v) is 5.61. The molecule has 2 aromatic heterocycles. The minimum absolute atomic E-state index is 0.0121. The van der Waals surface area contributed by atoms with Gasteiger partial charge in [0.05, 0.1) is 25.3 Å². The Balaban J connectivity index is 1.24. The Hall–Kier alpha value is -3.96. The normalized spacial score (nSPS) is 17.9. The molecule has 2 amide bonds. The van der Waals surface area contributed by atoms with Crippen molar-refractivity contribution < 1.29 is 22.7 Å². The van der Waals surface area contributed by atoms with Crippen molar-refractivity contribution in [1.29, 1.82) is 0 Å². The maximum absolute atomic E-state index is 14.3. The third-order valence-electron chi connectivity index (χ3n) is 5.61. The Morgan fingerprint density at radius 1 is 1.09 bits per heavy atom. The predicted octanol–water partition coefficient (Wildman–Crippen LogP) is 3.31. The highest BCUT2D eigenvalue weighted by Crippen LogP contribution is 2.32. The lowest BCUT2D eigenvalue weighted by Crippen LogP contribution is -2.58. The number of carbonyl (C=O) groups is 1. The molecule has 2 aliphatic heterocycles. The molecule has 1 aromatic carbocycles.